The van der Waals surface area contributed by atoms with Gasteiger partial charge in [0.2, 0.25) is 0 Å². The van der Waals surface area contributed by atoms with Crippen LogP contribution in [0.2, 0.25) is 0 Å². The molecule has 0 fully saturated rings. The van der Waals surface area contributed by atoms with Gasteiger partial charge in [0.25, 0.3) is 0 Å². The van der Waals surface area contributed by atoms with Crippen molar-refractivity contribution >= 4 is 0 Å². The summed E-state index contributed by atoms with van der Waals surface area (Å²) < 4.78 is 0. The molecule has 0 radical (unpaired) electrons. The first-order valence-corrected chi connectivity index (χ1v) is 4.16. The van der Waals surface area contributed by atoms with Crippen molar-refractivity contribution in [3.05, 3.63) is 47.2 Å². The molecular formula is C11H15N. The topological polar surface area (TPSA) is 26.0 Å². The first-order chi connectivity index (χ1) is 5.68. The van der Waals surface area contributed by atoms with Gasteiger partial charge in [0.1, 0.15) is 0 Å². The van der Waals surface area contributed by atoms with Crippen LogP contribution in [-0.2, 0) is 6.42 Å². The molecule has 0 atom stereocenters. The Morgan fingerprint density at radius 2 is 2.25 bits per heavy atom. The zero-order chi connectivity index (χ0) is 8.97. The van der Waals surface area contributed by atoms with Gasteiger partial charge >= 0.3 is 0 Å². The molecule has 0 saturated heterocycles. The van der Waals surface area contributed by atoms with Crippen molar-refractivity contribution in [1.82, 2.24) is 0 Å². The van der Waals surface area contributed by atoms with E-state index in [4.69, 9.17) is 5.73 Å². The predicted molar refractivity (Wildman–Crippen MR) is 52.8 cm³/mol. The molecule has 1 nitrogen and oxygen atoms in total. The van der Waals surface area contributed by atoms with Crippen LogP contribution in [0.5, 0.6) is 0 Å². The maximum Gasteiger partial charge on any atom is 0.00117 e. The Balaban J connectivity index is 2.70. The fourth-order valence-corrected chi connectivity index (χ4v) is 1.12. The summed E-state index contributed by atoms with van der Waals surface area (Å²) in [6.07, 6.45) is 2.97. The van der Waals surface area contributed by atoms with Gasteiger partial charge in [-0.1, -0.05) is 35.9 Å². The maximum atomic E-state index is 5.54. The van der Waals surface area contributed by atoms with Crippen molar-refractivity contribution in [2.75, 3.05) is 0 Å². The third kappa shape index (κ3) is 2.79. The minimum absolute atomic E-state index is 0.886. The fraction of sp³-hybridized carbons (Fsp3) is 0.273. The molecule has 0 aliphatic rings. The van der Waals surface area contributed by atoms with Crippen LogP contribution in [0.25, 0.3) is 0 Å². The van der Waals surface area contributed by atoms with Gasteiger partial charge in [-0.15, -0.1) is 0 Å². The van der Waals surface area contributed by atoms with Gasteiger partial charge in [0.05, 0.1) is 0 Å². The van der Waals surface area contributed by atoms with E-state index >= 15 is 0 Å². The van der Waals surface area contributed by atoms with Crippen LogP contribution in [0, 0.1) is 6.92 Å². The summed E-state index contributed by atoms with van der Waals surface area (Å²) in [7, 11) is 0. The van der Waals surface area contributed by atoms with Crippen LogP contribution in [0.3, 0.4) is 0 Å². The summed E-state index contributed by atoms with van der Waals surface area (Å²) >= 11 is 0. The van der Waals surface area contributed by atoms with E-state index in [1.807, 2.05) is 13.0 Å². The number of nitrogens with two attached hydrogens (primary N) is 1. The molecule has 0 aromatic heterocycles. The normalized spacial score (nSPS) is 11.7. The number of allylic oxidation sites excluding steroid dienone is 2. The molecule has 0 unspecified atom stereocenters. The van der Waals surface area contributed by atoms with Crippen LogP contribution in [0.15, 0.2) is 36.0 Å². The van der Waals surface area contributed by atoms with Gasteiger partial charge in [-0.2, -0.15) is 0 Å². The first kappa shape index (κ1) is 8.85. The van der Waals surface area contributed by atoms with Gasteiger partial charge in [-0.3, -0.25) is 0 Å². The molecule has 1 aromatic rings. The van der Waals surface area contributed by atoms with E-state index in [0.717, 1.165) is 12.1 Å². The lowest BCUT2D eigenvalue weighted by Crippen LogP contribution is -1.91. The molecule has 0 amide bonds. The summed E-state index contributed by atoms with van der Waals surface area (Å²) in [6.45, 7) is 4.01. The average molecular weight is 161 g/mol. The lowest BCUT2D eigenvalue weighted by Gasteiger charge is -1.98. The lowest BCUT2D eigenvalue weighted by atomic mass is 10.1. The molecule has 2 N–H and O–H groups in total. The van der Waals surface area contributed by atoms with Crippen LogP contribution in [-0.4, -0.2) is 0 Å². The number of hydrogen-bond donors (Lipinski definition) is 1. The van der Waals surface area contributed by atoms with Crippen molar-refractivity contribution in [3.8, 4) is 0 Å². The van der Waals surface area contributed by atoms with E-state index in [1.54, 1.807) is 0 Å². The number of hydrogen-bond acceptors (Lipinski definition) is 1. The number of aryl methyl sites for hydroxylation is 1. The highest BCUT2D eigenvalue weighted by Crippen LogP contribution is 2.05. The zero-order valence-corrected chi connectivity index (χ0v) is 7.67. The third-order valence-electron chi connectivity index (χ3n) is 1.74. The quantitative estimate of drug-likeness (QED) is 0.708. The van der Waals surface area contributed by atoms with Gasteiger partial charge in [-0.05, 0) is 25.8 Å². The van der Waals surface area contributed by atoms with Gasteiger partial charge in [0, 0.05) is 5.70 Å². The summed E-state index contributed by atoms with van der Waals surface area (Å²) in [5.41, 5.74) is 9.05. The van der Waals surface area contributed by atoms with E-state index in [1.165, 1.54) is 11.1 Å². The standard InChI is InChI=1S/C11H15N/c1-9-4-3-5-11(8-9)7-6-10(2)12/h3-6,8H,7,12H2,1-2H3/b10-6+. The predicted octanol–water partition coefficient (Wildman–Crippen LogP) is 2.40. The van der Waals surface area contributed by atoms with Crippen molar-refractivity contribution in [2.24, 2.45) is 5.73 Å². The van der Waals surface area contributed by atoms with Gasteiger partial charge < -0.3 is 5.73 Å². The van der Waals surface area contributed by atoms with Gasteiger partial charge in [0.15, 0.2) is 0 Å². The smallest absolute Gasteiger partial charge is 0.00117 e. The molecule has 1 rings (SSSR count). The molecule has 0 bridgehead atoms. The Labute approximate surface area is 73.9 Å². The second-order valence-corrected chi connectivity index (χ2v) is 3.14. The minimum Gasteiger partial charge on any atom is -0.403 e. The molecule has 1 heteroatoms. The van der Waals surface area contributed by atoms with Crippen LogP contribution >= 0.6 is 0 Å². The largest absolute Gasteiger partial charge is 0.403 e. The molecule has 0 aliphatic heterocycles. The van der Waals surface area contributed by atoms with Gasteiger partial charge in [-0.25, -0.2) is 0 Å². The molecule has 0 saturated carbocycles. The maximum absolute atomic E-state index is 5.54. The molecule has 12 heavy (non-hydrogen) atoms. The lowest BCUT2D eigenvalue weighted by molar-refractivity contribution is 1.18. The molecule has 0 spiro atoms. The zero-order valence-electron chi connectivity index (χ0n) is 7.67. The molecular weight excluding hydrogens is 146 g/mol. The van der Waals surface area contributed by atoms with E-state index in [0.29, 0.717) is 0 Å². The van der Waals surface area contributed by atoms with Crippen molar-refractivity contribution in [3.63, 3.8) is 0 Å². The van der Waals surface area contributed by atoms with E-state index in [2.05, 4.69) is 31.2 Å². The SMILES string of the molecule is C/C(N)=C\Cc1cccc(C)c1. The summed E-state index contributed by atoms with van der Waals surface area (Å²) in [5, 5.41) is 0. The number of benzene rings is 1. The highest BCUT2D eigenvalue weighted by atomic mass is 14.5. The van der Waals surface area contributed by atoms with Crippen LogP contribution < -0.4 is 5.73 Å². The Morgan fingerprint density at radius 3 is 2.83 bits per heavy atom. The van der Waals surface area contributed by atoms with Crippen molar-refractivity contribution < 1.29 is 0 Å². The molecule has 0 aliphatic carbocycles. The highest BCUT2D eigenvalue weighted by Gasteiger charge is 1.89. The molecule has 1 aromatic carbocycles. The van der Waals surface area contributed by atoms with Crippen LogP contribution in [0.4, 0.5) is 0 Å². The summed E-state index contributed by atoms with van der Waals surface area (Å²) in [6, 6.07) is 8.47. The Bertz CT molecular complexity index is 283. The van der Waals surface area contributed by atoms with E-state index < -0.39 is 0 Å². The summed E-state index contributed by atoms with van der Waals surface area (Å²) in [5.74, 6) is 0. The fourth-order valence-electron chi connectivity index (χ4n) is 1.12. The van der Waals surface area contributed by atoms with E-state index in [-0.39, 0.29) is 0 Å². The van der Waals surface area contributed by atoms with Crippen molar-refractivity contribution in [2.45, 2.75) is 20.3 Å². The van der Waals surface area contributed by atoms with Crippen molar-refractivity contribution in [1.29, 1.82) is 0 Å². The Hall–Kier alpha value is -1.24. The second kappa shape index (κ2) is 3.96. The highest BCUT2D eigenvalue weighted by molar-refractivity contribution is 5.24. The van der Waals surface area contributed by atoms with E-state index in [9.17, 15) is 0 Å². The Morgan fingerprint density at radius 1 is 1.50 bits per heavy atom. The summed E-state index contributed by atoms with van der Waals surface area (Å²) in [4.78, 5) is 0. The molecule has 0 heterocycles. The second-order valence-electron chi connectivity index (χ2n) is 3.14. The molecule has 64 valence electrons. The first-order valence-electron chi connectivity index (χ1n) is 4.16. The third-order valence-corrected chi connectivity index (χ3v) is 1.74. The average Bonchev–Trinajstić information content (AvgIpc) is 2.01. The monoisotopic (exact) mass is 161 g/mol. The Kier molecular flexibility index (Phi) is 2.92. The number of rotatable bonds is 2. The minimum atomic E-state index is 0.886. The van der Waals surface area contributed by atoms with Crippen LogP contribution in [0.1, 0.15) is 18.1 Å².